The molecule has 1 aliphatic carbocycles. The first-order valence-corrected chi connectivity index (χ1v) is 6.85. The lowest BCUT2D eigenvalue weighted by Gasteiger charge is -2.21. The molecule has 0 heterocycles. The maximum atomic E-state index is 12.6. The van der Waals surface area contributed by atoms with Crippen LogP contribution in [0.2, 0.25) is 0 Å². The second kappa shape index (κ2) is 5.00. The Kier molecular flexibility index (Phi) is 3.18. The van der Waals surface area contributed by atoms with E-state index in [1.54, 1.807) is 4.90 Å². The smallest absolute Gasteiger partial charge is 0.230 e. The highest BCUT2D eigenvalue weighted by atomic mass is 16.2. The zero-order valence-electron chi connectivity index (χ0n) is 11.5. The van der Waals surface area contributed by atoms with E-state index in [1.165, 1.54) is 11.1 Å². The Balaban J connectivity index is 1.78. The molecule has 1 aliphatic rings. The van der Waals surface area contributed by atoms with Gasteiger partial charge in [-0.1, -0.05) is 30.3 Å². The number of carbonyl (C=O) groups excluding carboxylic acids is 1. The number of fused-ring (bicyclic) bond motifs is 1. The minimum atomic E-state index is 0.0406. The number of hydrogen-bond acceptors (Lipinski definition) is 2. The summed E-state index contributed by atoms with van der Waals surface area (Å²) in [6.45, 7) is 0. The Morgan fingerprint density at radius 2 is 1.75 bits per heavy atom. The minimum Gasteiger partial charge on any atom is -0.399 e. The van der Waals surface area contributed by atoms with Crippen LogP contribution in [-0.4, -0.2) is 13.0 Å². The molecule has 2 aromatic carbocycles. The molecule has 0 aromatic heterocycles. The van der Waals surface area contributed by atoms with E-state index in [0.29, 0.717) is 5.69 Å². The molecule has 3 heteroatoms. The van der Waals surface area contributed by atoms with Crippen LogP contribution in [0.25, 0.3) is 0 Å². The third-order valence-electron chi connectivity index (χ3n) is 3.99. The second-order valence-corrected chi connectivity index (χ2v) is 5.37. The predicted octanol–water partition coefficient (Wildman–Crippen LogP) is 2.65. The first-order chi connectivity index (χ1) is 9.65. The molecule has 0 fully saturated rings. The molecule has 0 aliphatic heterocycles. The topological polar surface area (TPSA) is 46.3 Å². The van der Waals surface area contributed by atoms with Crippen LogP contribution in [0.3, 0.4) is 0 Å². The molecule has 0 saturated carbocycles. The Hall–Kier alpha value is -2.29. The largest absolute Gasteiger partial charge is 0.399 e. The number of nitrogens with zero attached hydrogens (tertiary/aromatic N) is 1. The highest BCUT2D eigenvalue weighted by molar-refractivity contribution is 5.95. The van der Waals surface area contributed by atoms with Gasteiger partial charge in [0.2, 0.25) is 5.91 Å². The summed E-state index contributed by atoms with van der Waals surface area (Å²) in [5.74, 6) is 0.200. The zero-order chi connectivity index (χ0) is 14.1. The van der Waals surface area contributed by atoms with E-state index in [9.17, 15) is 4.79 Å². The standard InChI is InChI=1S/C17H18N2O/c1-19(16-8-4-7-15(18)11-16)17(20)14-9-12-5-2-3-6-13(12)10-14/h2-8,11,14H,9-10,18H2,1H3. The van der Waals surface area contributed by atoms with E-state index in [1.807, 2.05) is 43.4 Å². The van der Waals surface area contributed by atoms with E-state index < -0.39 is 0 Å². The summed E-state index contributed by atoms with van der Waals surface area (Å²) in [4.78, 5) is 14.3. The molecular formula is C17H18N2O. The van der Waals surface area contributed by atoms with Crippen LogP contribution in [0.4, 0.5) is 11.4 Å². The fourth-order valence-electron chi connectivity index (χ4n) is 2.87. The fourth-order valence-corrected chi connectivity index (χ4v) is 2.87. The molecule has 3 nitrogen and oxygen atoms in total. The van der Waals surface area contributed by atoms with Crippen molar-refractivity contribution in [2.75, 3.05) is 17.7 Å². The number of hydrogen-bond donors (Lipinski definition) is 1. The van der Waals surface area contributed by atoms with Gasteiger partial charge in [0.15, 0.2) is 0 Å². The van der Waals surface area contributed by atoms with Gasteiger partial charge in [-0.3, -0.25) is 4.79 Å². The monoisotopic (exact) mass is 266 g/mol. The van der Waals surface area contributed by atoms with Gasteiger partial charge < -0.3 is 10.6 Å². The maximum Gasteiger partial charge on any atom is 0.230 e. The number of anilines is 2. The van der Waals surface area contributed by atoms with Crippen molar-refractivity contribution in [3.63, 3.8) is 0 Å². The van der Waals surface area contributed by atoms with Crippen molar-refractivity contribution in [3.8, 4) is 0 Å². The summed E-state index contributed by atoms with van der Waals surface area (Å²) < 4.78 is 0. The predicted molar refractivity (Wildman–Crippen MR) is 81.6 cm³/mol. The number of carbonyl (C=O) groups is 1. The van der Waals surface area contributed by atoms with Crippen LogP contribution in [-0.2, 0) is 17.6 Å². The summed E-state index contributed by atoms with van der Waals surface area (Å²) in [6, 6.07) is 15.7. The minimum absolute atomic E-state index is 0.0406. The maximum absolute atomic E-state index is 12.6. The van der Waals surface area contributed by atoms with E-state index in [2.05, 4.69) is 12.1 Å². The lowest BCUT2D eigenvalue weighted by molar-refractivity contribution is -0.121. The van der Waals surface area contributed by atoms with Crippen molar-refractivity contribution in [1.29, 1.82) is 0 Å². The molecule has 0 saturated heterocycles. The van der Waals surface area contributed by atoms with Crippen molar-refractivity contribution >= 4 is 17.3 Å². The van der Waals surface area contributed by atoms with Crippen molar-refractivity contribution in [2.45, 2.75) is 12.8 Å². The summed E-state index contributed by atoms with van der Waals surface area (Å²) in [5.41, 5.74) is 9.91. The second-order valence-electron chi connectivity index (χ2n) is 5.37. The quantitative estimate of drug-likeness (QED) is 0.849. The first-order valence-electron chi connectivity index (χ1n) is 6.85. The molecule has 1 amide bonds. The van der Waals surface area contributed by atoms with E-state index >= 15 is 0 Å². The van der Waals surface area contributed by atoms with Crippen molar-refractivity contribution in [2.24, 2.45) is 5.92 Å². The van der Waals surface area contributed by atoms with Crippen LogP contribution < -0.4 is 10.6 Å². The van der Waals surface area contributed by atoms with Gasteiger partial charge in [0.05, 0.1) is 0 Å². The third kappa shape index (κ3) is 2.27. The third-order valence-corrected chi connectivity index (χ3v) is 3.99. The number of benzene rings is 2. The van der Waals surface area contributed by atoms with Crippen molar-refractivity contribution in [3.05, 3.63) is 59.7 Å². The van der Waals surface area contributed by atoms with Crippen LogP contribution in [0.1, 0.15) is 11.1 Å². The van der Waals surface area contributed by atoms with Crippen LogP contribution in [0.15, 0.2) is 48.5 Å². The van der Waals surface area contributed by atoms with Gasteiger partial charge in [0.25, 0.3) is 0 Å². The Morgan fingerprint density at radius 3 is 2.35 bits per heavy atom. The summed E-state index contributed by atoms with van der Waals surface area (Å²) >= 11 is 0. The van der Waals surface area contributed by atoms with Gasteiger partial charge in [0, 0.05) is 24.3 Å². The lowest BCUT2D eigenvalue weighted by atomic mass is 10.0. The number of rotatable bonds is 2. The van der Waals surface area contributed by atoms with Crippen LogP contribution in [0, 0.1) is 5.92 Å². The van der Waals surface area contributed by atoms with Gasteiger partial charge in [-0.15, -0.1) is 0 Å². The van der Waals surface area contributed by atoms with E-state index in [4.69, 9.17) is 5.73 Å². The van der Waals surface area contributed by atoms with Crippen LogP contribution in [0.5, 0.6) is 0 Å². The lowest BCUT2D eigenvalue weighted by Crippen LogP contribution is -2.33. The highest BCUT2D eigenvalue weighted by Crippen LogP contribution is 2.29. The first kappa shape index (κ1) is 12.7. The fraction of sp³-hybridized carbons (Fsp3) is 0.235. The number of nitrogen functional groups attached to an aromatic ring is 1. The summed E-state index contributed by atoms with van der Waals surface area (Å²) in [5, 5.41) is 0. The number of amides is 1. The van der Waals surface area contributed by atoms with Gasteiger partial charge in [-0.25, -0.2) is 0 Å². The zero-order valence-corrected chi connectivity index (χ0v) is 11.5. The van der Waals surface area contributed by atoms with E-state index in [-0.39, 0.29) is 11.8 Å². The normalized spacial score (nSPS) is 14.1. The Bertz CT molecular complexity index is 626. The molecule has 20 heavy (non-hydrogen) atoms. The summed E-state index contributed by atoms with van der Waals surface area (Å²) in [7, 11) is 1.82. The molecule has 2 aromatic rings. The molecular weight excluding hydrogens is 248 g/mol. The van der Waals surface area contributed by atoms with Crippen LogP contribution >= 0.6 is 0 Å². The van der Waals surface area contributed by atoms with Gasteiger partial charge in [-0.2, -0.15) is 0 Å². The molecule has 0 atom stereocenters. The van der Waals surface area contributed by atoms with Crippen molar-refractivity contribution < 1.29 is 4.79 Å². The Morgan fingerprint density at radius 1 is 1.10 bits per heavy atom. The average Bonchev–Trinajstić information content (AvgIpc) is 2.89. The SMILES string of the molecule is CN(C(=O)C1Cc2ccccc2C1)c1cccc(N)c1. The van der Waals surface area contributed by atoms with Crippen molar-refractivity contribution in [1.82, 2.24) is 0 Å². The molecule has 102 valence electrons. The molecule has 0 unspecified atom stereocenters. The molecule has 3 rings (SSSR count). The van der Waals surface area contributed by atoms with E-state index in [0.717, 1.165) is 18.5 Å². The molecule has 0 spiro atoms. The van der Waals surface area contributed by atoms with Gasteiger partial charge in [0.1, 0.15) is 0 Å². The average molecular weight is 266 g/mol. The molecule has 0 bridgehead atoms. The highest BCUT2D eigenvalue weighted by Gasteiger charge is 2.29. The Labute approximate surface area is 119 Å². The summed E-state index contributed by atoms with van der Waals surface area (Å²) in [6.07, 6.45) is 1.67. The molecule has 0 radical (unpaired) electrons. The number of nitrogens with two attached hydrogens (primary N) is 1. The van der Waals surface area contributed by atoms with Gasteiger partial charge >= 0.3 is 0 Å². The molecule has 2 N–H and O–H groups in total. The van der Waals surface area contributed by atoms with Gasteiger partial charge in [-0.05, 0) is 42.2 Å².